The number of nitrogens with two attached hydrogens (primary N) is 4. The summed E-state index contributed by atoms with van der Waals surface area (Å²) in [5, 5.41) is 111. The van der Waals surface area contributed by atoms with Crippen LogP contribution in [0, 0.1) is 0 Å². The van der Waals surface area contributed by atoms with E-state index in [1.165, 1.54) is 0 Å². The maximum absolute atomic E-state index is 10.1. The van der Waals surface area contributed by atoms with E-state index < -0.39 is 74.0 Å². The number of hydrogen-bond donors (Lipinski definition) is 18. The largest absolute Gasteiger partial charge is 0.479 e. The van der Waals surface area contributed by atoms with Gasteiger partial charge in [-0.1, -0.05) is 36.0 Å². The van der Waals surface area contributed by atoms with Crippen LogP contribution in [-0.4, -0.2) is 172 Å². The second-order valence-electron chi connectivity index (χ2n) is 12.2. The molecule has 0 bridgehead atoms. The Kier molecular flexibility index (Phi) is 27.6. The maximum Gasteiger partial charge on any atom is 0.335 e. The van der Waals surface area contributed by atoms with Crippen LogP contribution in [0.4, 0.5) is 11.4 Å². The minimum absolute atomic E-state index is 0.124. The van der Waals surface area contributed by atoms with Crippen LogP contribution in [0.5, 0.6) is 0 Å². The van der Waals surface area contributed by atoms with Crippen LogP contribution in [0.1, 0.15) is 25.7 Å². The van der Waals surface area contributed by atoms with Crippen LogP contribution in [-0.2, 0) is 9.59 Å². The van der Waals surface area contributed by atoms with Gasteiger partial charge in [0.2, 0.25) is 23.8 Å². The van der Waals surface area contributed by atoms with Gasteiger partial charge in [-0.3, -0.25) is 9.98 Å². The van der Waals surface area contributed by atoms with E-state index in [1.54, 1.807) is 48.5 Å². The van der Waals surface area contributed by atoms with E-state index in [2.05, 4.69) is 30.6 Å². The van der Waals surface area contributed by atoms with Gasteiger partial charge in [0.1, 0.15) is 36.6 Å². The summed E-state index contributed by atoms with van der Waals surface area (Å²) >= 11 is 11.7. The third-order valence-electron chi connectivity index (χ3n) is 7.33. The van der Waals surface area contributed by atoms with E-state index >= 15 is 0 Å². The molecule has 0 aliphatic rings. The second-order valence-corrected chi connectivity index (χ2v) is 13.1. The molecule has 60 heavy (non-hydrogen) atoms. The summed E-state index contributed by atoms with van der Waals surface area (Å²) in [5.41, 5.74) is 24.8. The highest BCUT2D eigenvalue weighted by Crippen LogP contribution is 2.14. The van der Waals surface area contributed by atoms with Crippen LogP contribution < -0.4 is 33.6 Å². The van der Waals surface area contributed by atoms with Crippen LogP contribution in [0.3, 0.4) is 0 Å². The Morgan fingerprint density at radius 3 is 1.10 bits per heavy atom. The molecule has 0 fully saturated rings. The molecule has 22 N–H and O–H groups in total. The summed E-state index contributed by atoms with van der Waals surface area (Å²) in [5.74, 6) is -2.89. The lowest BCUT2D eigenvalue weighted by Gasteiger charge is -2.23. The molecule has 0 saturated carbocycles. The molecule has 8 unspecified atom stereocenters. The zero-order valence-corrected chi connectivity index (χ0v) is 33.4. The number of nitrogens with one attached hydrogen (secondary N) is 2. The molecule has 0 radical (unpaired) electrons. The van der Waals surface area contributed by atoms with Crippen LogP contribution in [0.15, 0.2) is 68.5 Å². The first-order chi connectivity index (χ1) is 28.1. The Labute approximate surface area is 353 Å². The van der Waals surface area contributed by atoms with Crippen LogP contribution >= 0.6 is 23.2 Å². The predicted molar refractivity (Wildman–Crippen MR) is 222 cm³/mol. The van der Waals surface area contributed by atoms with E-state index in [1.807, 2.05) is 0 Å². The molecular weight excluding hydrogens is 843 g/mol. The lowest BCUT2D eigenvalue weighted by Crippen LogP contribution is -2.48. The molecule has 2 aromatic carbocycles. The Balaban J connectivity index is 0.00000110. The van der Waals surface area contributed by atoms with E-state index in [0.717, 1.165) is 37.1 Å². The van der Waals surface area contributed by atoms with Gasteiger partial charge in [0.05, 0.1) is 13.2 Å². The number of unbranched alkanes of at least 4 members (excludes halogenated alkanes) is 3. The topological polar surface area (TPSA) is 454 Å². The van der Waals surface area contributed by atoms with E-state index in [0.29, 0.717) is 23.1 Å². The fourth-order valence-electron chi connectivity index (χ4n) is 4.04. The second kappa shape index (κ2) is 30.1. The van der Waals surface area contributed by atoms with Gasteiger partial charge in [-0.25, -0.2) is 9.59 Å². The van der Waals surface area contributed by atoms with Crippen LogP contribution in [0.2, 0.25) is 10.0 Å². The molecule has 2 aromatic rings. The molecule has 338 valence electrons. The molecule has 26 heteroatoms. The Bertz CT molecular complexity index is 1560. The first-order valence-corrected chi connectivity index (χ1v) is 18.4. The maximum atomic E-state index is 10.1. The van der Waals surface area contributed by atoms with Crippen molar-refractivity contribution in [1.29, 1.82) is 0 Å². The van der Waals surface area contributed by atoms with Gasteiger partial charge in [0, 0.05) is 34.5 Å². The quantitative estimate of drug-likeness (QED) is 0.0367. The SMILES string of the molecule is NC(=NCCCCCCN=C(N)/N=C(\N)Nc1ccc(Cl)cc1)/N=C(/N)Nc1ccc(Cl)cc1.O=C(O)C(O)C(O)C(O)C(O)CO.O=C(O)C(O)C(O)C(O)C(O)CO. The number of benzene rings is 2. The highest BCUT2D eigenvalue weighted by Gasteiger charge is 2.34. The van der Waals surface area contributed by atoms with Gasteiger partial charge in [-0.2, -0.15) is 9.98 Å². The molecule has 0 amide bonds. The average molecular weight is 898 g/mol. The number of aliphatic hydroxyl groups excluding tert-OH is 10. The molecule has 0 aromatic heterocycles. The molecule has 0 aliphatic heterocycles. The monoisotopic (exact) mass is 896 g/mol. The summed E-state index contributed by atoms with van der Waals surface area (Å²) in [6, 6.07) is 14.1. The number of aliphatic carboxylic acids is 2. The van der Waals surface area contributed by atoms with Crippen molar-refractivity contribution in [3.8, 4) is 0 Å². The van der Waals surface area contributed by atoms with Gasteiger partial charge in [-0.05, 0) is 61.4 Å². The number of carboxylic acids is 2. The molecule has 8 atom stereocenters. The average Bonchev–Trinajstić information content (AvgIpc) is 3.21. The zero-order chi connectivity index (χ0) is 45.9. The first-order valence-electron chi connectivity index (χ1n) is 17.6. The summed E-state index contributed by atoms with van der Waals surface area (Å²) in [7, 11) is 0. The summed E-state index contributed by atoms with van der Waals surface area (Å²) in [4.78, 5) is 36.7. The van der Waals surface area contributed by atoms with Crippen LogP contribution in [0.25, 0.3) is 0 Å². The highest BCUT2D eigenvalue weighted by molar-refractivity contribution is 6.31. The van der Waals surface area contributed by atoms with Crippen molar-refractivity contribution in [3.05, 3.63) is 58.6 Å². The standard InChI is InChI=1S/C22H30Cl2N10.2C6H12O7/c23-15-5-9-17(10-6-15)31-21(27)33-19(25)29-13-3-1-2-4-14-30-20(26)34-22(28)32-18-11-7-16(24)8-12-18;2*7-1-2(8)3(9)4(10)5(11)6(12)13/h5-12H,1-4,13-14H2,(H5,25,27,29,31,33)(H5,26,28,30,32,34);2*2-5,7-11H,1H2,(H,12,13). The zero-order valence-electron chi connectivity index (χ0n) is 31.9. The van der Waals surface area contributed by atoms with E-state index in [-0.39, 0.29) is 23.8 Å². The number of rotatable bonds is 19. The van der Waals surface area contributed by atoms with Crippen molar-refractivity contribution >= 4 is 70.4 Å². The summed E-state index contributed by atoms with van der Waals surface area (Å²) in [6.45, 7) is -0.562. The molecular formula is C34H54Cl2N10O14. The number of guanidine groups is 4. The van der Waals surface area contributed by atoms with Crippen molar-refractivity contribution in [2.45, 2.75) is 74.5 Å². The number of anilines is 2. The minimum Gasteiger partial charge on any atom is -0.479 e. The van der Waals surface area contributed by atoms with Gasteiger partial charge in [0.25, 0.3) is 0 Å². The molecule has 24 nitrogen and oxygen atoms in total. The van der Waals surface area contributed by atoms with Gasteiger partial charge < -0.3 is 94.8 Å². The number of aliphatic hydroxyl groups is 10. The Morgan fingerprint density at radius 2 is 0.833 bits per heavy atom. The molecule has 0 aliphatic carbocycles. The predicted octanol–water partition coefficient (Wildman–Crippen LogP) is -3.65. The number of carbonyl (C=O) groups is 2. The third-order valence-corrected chi connectivity index (χ3v) is 7.84. The van der Waals surface area contributed by atoms with Gasteiger partial charge in [-0.15, -0.1) is 0 Å². The van der Waals surface area contributed by atoms with Crippen molar-refractivity contribution in [2.75, 3.05) is 36.9 Å². The van der Waals surface area contributed by atoms with Crippen molar-refractivity contribution < 1.29 is 70.9 Å². The fourth-order valence-corrected chi connectivity index (χ4v) is 4.29. The first kappa shape index (κ1) is 55.0. The number of nitrogens with zero attached hydrogens (tertiary/aromatic N) is 4. The molecule has 0 spiro atoms. The summed E-state index contributed by atoms with van der Waals surface area (Å²) in [6.07, 6.45) is -12.0. The molecule has 0 saturated heterocycles. The molecule has 0 heterocycles. The lowest BCUT2D eigenvalue weighted by molar-refractivity contribution is -0.164. The molecule has 2 rings (SSSR count). The number of hydrogen-bond acceptors (Lipinski definition) is 14. The highest BCUT2D eigenvalue weighted by atomic mass is 35.5. The normalized spacial score (nSPS) is 16.3. The van der Waals surface area contributed by atoms with E-state index in [4.69, 9.17) is 107 Å². The number of halogens is 2. The van der Waals surface area contributed by atoms with Gasteiger partial charge in [0.15, 0.2) is 12.2 Å². The van der Waals surface area contributed by atoms with E-state index in [9.17, 15) is 9.59 Å². The minimum atomic E-state index is -2.20. The Morgan fingerprint density at radius 1 is 0.533 bits per heavy atom. The van der Waals surface area contributed by atoms with Crippen molar-refractivity contribution in [1.82, 2.24) is 0 Å². The van der Waals surface area contributed by atoms with Crippen molar-refractivity contribution in [2.24, 2.45) is 42.9 Å². The number of carboxylic acid groups (broad SMARTS) is 2. The Hall–Kier alpha value is -4.96. The smallest absolute Gasteiger partial charge is 0.335 e. The lowest BCUT2D eigenvalue weighted by atomic mass is 10.0. The fraction of sp³-hybridized carbons (Fsp3) is 0.471. The third kappa shape index (κ3) is 23.6. The number of aliphatic imine (C=N–C) groups is 4. The van der Waals surface area contributed by atoms with Gasteiger partial charge >= 0.3 is 11.9 Å². The summed E-state index contributed by atoms with van der Waals surface area (Å²) < 4.78 is 0. The van der Waals surface area contributed by atoms with Crippen molar-refractivity contribution in [3.63, 3.8) is 0 Å².